The van der Waals surface area contributed by atoms with Gasteiger partial charge in [0, 0.05) is 23.1 Å². The Bertz CT molecular complexity index is 1090. The molecular weight excluding hydrogens is 446 g/mol. The quantitative estimate of drug-likeness (QED) is 0.240. The maximum atomic E-state index is 13.5. The number of aliphatic carboxylic acids is 1. The van der Waals surface area contributed by atoms with Gasteiger partial charge in [-0.15, -0.1) is 0 Å². The smallest absolute Gasteiger partial charge is 0.303 e. The van der Waals surface area contributed by atoms with E-state index in [4.69, 9.17) is 14.3 Å². The van der Waals surface area contributed by atoms with Crippen molar-refractivity contribution < 1.29 is 29.0 Å². The number of nitrogens with zero attached hydrogens (tertiary/aromatic N) is 1. The van der Waals surface area contributed by atoms with Crippen molar-refractivity contribution in [2.24, 2.45) is 0 Å². The van der Waals surface area contributed by atoms with E-state index in [0.29, 0.717) is 30.8 Å². The van der Waals surface area contributed by atoms with Crippen molar-refractivity contribution in [1.29, 1.82) is 0 Å². The Morgan fingerprint density at radius 2 is 1.74 bits per heavy atom. The molecule has 0 aliphatic carbocycles. The van der Waals surface area contributed by atoms with Crippen molar-refractivity contribution in [1.82, 2.24) is 4.90 Å². The number of rotatable bonds is 13. The van der Waals surface area contributed by atoms with Crippen LogP contribution in [0.5, 0.6) is 5.75 Å². The number of benzene rings is 2. The monoisotopic (exact) mass is 479 g/mol. The van der Waals surface area contributed by atoms with Gasteiger partial charge in [-0.1, -0.05) is 37.3 Å². The molecule has 0 saturated heterocycles. The summed E-state index contributed by atoms with van der Waals surface area (Å²) in [7, 11) is 0. The second-order valence-corrected chi connectivity index (χ2v) is 8.71. The molecule has 0 spiro atoms. The van der Waals surface area contributed by atoms with Gasteiger partial charge in [0.2, 0.25) is 0 Å². The molecular formula is C28H33NO6. The van der Waals surface area contributed by atoms with Gasteiger partial charge in [0.25, 0.3) is 5.91 Å². The highest BCUT2D eigenvalue weighted by Crippen LogP contribution is 2.28. The summed E-state index contributed by atoms with van der Waals surface area (Å²) >= 11 is 0. The number of carbonyl (C=O) groups excluding carboxylic acids is 1. The second-order valence-electron chi connectivity index (χ2n) is 8.71. The first kappa shape index (κ1) is 26.0. The Morgan fingerprint density at radius 3 is 2.40 bits per heavy atom. The summed E-state index contributed by atoms with van der Waals surface area (Å²) in [4.78, 5) is 25.6. The highest BCUT2D eigenvalue weighted by atomic mass is 16.5. The zero-order valence-electron chi connectivity index (χ0n) is 20.3. The van der Waals surface area contributed by atoms with Gasteiger partial charge in [-0.3, -0.25) is 9.59 Å². The molecule has 35 heavy (non-hydrogen) atoms. The minimum absolute atomic E-state index is 0.156. The van der Waals surface area contributed by atoms with Crippen LogP contribution in [-0.2, 0) is 11.3 Å². The van der Waals surface area contributed by atoms with Gasteiger partial charge in [0.1, 0.15) is 11.5 Å². The van der Waals surface area contributed by atoms with Gasteiger partial charge in [-0.05, 0) is 62.4 Å². The zero-order chi connectivity index (χ0) is 25.3. The van der Waals surface area contributed by atoms with Gasteiger partial charge in [0.15, 0.2) is 0 Å². The minimum Gasteiger partial charge on any atom is -0.493 e. The number of para-hydroxylation sites is 1. The molecule has 2 N–H and O–H groups in total. The first-order valence-electron chi connectivity index (χ1n) is 11.9. The Hall–Kier alpha value is -3.58. The first-order chi connectivity index (χ1) is 16.8. The molecule has 3 aromatic rings. The van der Waals surface area contributed by atoms with Gasteiger partial charge in [-0.2, -0.15) is 0 Å². The van der Waals surface area contributed by atoms with Crippen LogP contribution < -0.4 is 4.74 Å². The average molecular weight is 480 g/mol. The molecule has 1 amide bonds. The molecule has 186 valence electrons. The Balaban J connectivity index is 1.73. The van der Waals surface area contributed by atoms with E-state index in [1.54, 1.807) is 31.6 Å². The van der Waals surface area contributed by atoms with Crippen LogP contribution >= 0.6 is 0 Å². The van der Waals surface area contributed by atoms with Crippen LogP contribution in [0.1, 0.15) is 61.9 Å². The summed E-state index contributed by atoms with van der Waals surface area (Å²) in [6.45, 7) is 4.10. The number of ether oxygens (including phenoxy) is 1. The lowest BCUT2D eigenvalue weighted by molar-refractivity contribution is -0.137. The van der Waals surface area contributed by atoms with E-state index in [0.717, 1.165) is 29.5 Å². The molecule has 0 fully saturated rings. The molecule has 0 bridgehead atoms. The molecule has 1 atom stereocenters. The number of hydrogen-bond acceptors (Lipinski definition) is 5. The van der Waals surface area contributed by atoms with Crippen molar-refractivity contribution in [2.75, 3.05) is 6.61 Å². The predicted octanol–water partition coefficient (Wildman–Crippen LogP) is 5.73. The maximum Gasteiger partial charge on any atom is 0.303 e. The van der Waals surface area contributed by atoms with E-state index in [-0.39, 0.29) is 18.9 Å². The first-order valence-corrected chi connectivity index (χ1v) is 11.9. The second kappa shape index (κ2) is 12.2. The van der Waals surface area contributed by atoms with Crippen molar-refractivity contribution in [2.45, 2.75) is 58.2 Å². The SMILES string of the molecule is CCC(C)(O)N(Cc1ccccc1OCCCCCC(=O)O)C(=O)c1ccc(-c2ccoc2)cc1. The van der Waals surface area contributed by atoms with Crippen molar-refractivity contribution >= 4 is 11.9 Å². The highest BCUT2D eigenvalue weighted by molar-refractivity contribution is 5.95. The fraction of sp³-hybridized carbons (Fsp3) is 0.357. The van der Waals surface area contributed by atoms with Crippen molar-refractivity contribution in [3.8, 4) is 16.9 Å². The van der Waals surface area contributed by atoms with E-state index in [2.05, 4.69) is 0 Å². The van der Waals surface area contributed by atoms with E-state index in [9.17, 15) is 14.7 Å². The largest absolute Gasteiger partial charge is 0.493 e. The van der Waals surface area contributed by atoms with Crippen LogP contribution in [0.4, 0.5) is 0 Å². The summed E-state index contributed by atoms with van der Waals surface area (Å²) in [6, 6.07) is 16.5. The number of furan rings is 1. The third-order valence-electron chi connectivity index (χ3n) is 6.08. The van der Waals surface area contributed by atoms with E-state index >= 15 is 0 Å². The van der Waals surface area contributed by atoms with Crippen LogP contribution in [0.2, 0.25) is 0 Å². The lowest BCUT2D eigenvalue weighted by Crippen LogP contribution is -2.49. The maximum absolute atomic E-state index is 13.5. The molecule has 1 heterocycles. The normalized spacial score (nSPS) is 12.7. The number of hydrogen-bond donors (Lipinski definition) is 2. The molecule has 2 aromatic carbocycles. The molecule has 0 radical (unpaired) electrons. The fourth-order valence-corrected chi connectivity index (χ4v) is 3.72. The number of carboxylic acids is 1. The van der Waals surface area contributed by atoms with E-state index in [1.165, 1.54) is 4.90 Å². The molecule has 1 aromatic heterocycles. The van der Waals surface area contributed by atoms with Gasteiger partial charge < -0.3 is 24.3 Å². The van der Waals surface area contributed by atoms with Gasteiger partial charge >= 0.3 is 5.97 Å². The predicted molar refractivity (Wildman–Crippen MR) is 133 cm³/mol. The average Bonchev–Trinajstić information content (AvgIpc) is 3.40. The Kier molecular flexibility index (Phi) is 9.09. The van der Waals surface area contributed by atoms with Crippen molar-refractivity contribution in [3.05, 3.63) is 78.3 Å². The Morgan fingerprint density at radius 1 is 1.00 bits per heavy atom. The van der Waals surface area contributed by atoms with Crippen LogP contribution in [-0.4, -0.2) is 39.3 Å². The topological polar surface area (TPSA) is 100 Å². The fourth-order valence-electron chi connectivity index (χ4n) is 3.72. The van der Waals surface area contributed by atoms with Crippen LogP contribution in [0.3, 0.4) is 0 Å². The molecule has 7 heteroatoms. The molecule has 0 saturated carbocycles. The van der Waals surface area contributed by atoms with Crippen LogP contribution in [0.25, 0.3) is 11.1 Å². The lowest BCUT2D eigenvalue weighted by atomic mass is 10.0. The van der Waals surface area contributed by atoms with E-state index < -0.39 is 11.7 Å². The third kappa shape index (κ3) is 7.20. The molecule has 0 aliphatic rings. The summed E-state index contributed by atoms with van der Waals surface area (Å²) in [5.41, 5.74) is 1.77. The number of carbonyl (C=O) groups is 2. The summed E-state index contributed by atoms with van der Waals surface area (Å²) in [6.07, 6.45) is 5.87. The van der Waals surface area contributed by atoms with Crippen molar-refractivity contribution in [3.63, 3.8) is 0 Å². The van der Waals surface area contributed by atoms with Gasteiger partial charge in [0.05, 0.1) is 25.7 Å². The highest BCUT2D eigenvalue weighted by Gasteiger charge is 2.33. The standard InChI is InChI=1S/C28H33NO6/c1-3-28(2,33)29(27(32)22-14-12-21(13-15-22)24-16-18-34-20-24)19-23-9-6-7-10-25(23)35-17-8-4-5-11-26(30)31/h6-7,9-10,12-16,18,20,33H,3-5,8,11,17,19H2,1-2H3,(H,30,31). The van der Waals surface area contributed by atoms with Crippen LogP contribution in [0, 0.1) is 0 Å². The third-order valence-corrected chi connectivity index (χ3v) is 6.08. The molecule has 1 unspecified atom stereocenters. The molecule has 0 aliphatic heterocycles. The zero-order valence-corrected chi connectivity index (χ0v) is 20.3. The van der Waals surface area contributed by atoms with Gasteiger partial charge in [-0.25, -0.2) is 0 Å². The number of amides is 1. The molecule has 3 rings (SSSR count). The van der Waals surface area contributed by atoms with E-state index in [1.807, 2.05) is 49.4 Å². The minimum atomic E-state index is -1.36. The summed E-state index contributed by atoms with van der Waals surface area (Å²) in [5.74, 6) is -0.426. The summed E-state index contributed by atoms with van der Waals surface area (Å²) < 4.78 is 11.1. The Labute approximate surface area is 206 Å². The lowest BCUT2D eigenvalue weighted by Gasteiger charge is -2.37. The van der Waals surface area contributed by atoms with Crippen LogP contribution in [0.15, 0.2) is 71.5 Å². The molecule has 7 nitrogen and oxygen atoms in total. The number of carboxylic acid groups (broad SMARTS) is 1. The number of unbranched alkanes of at least 4 members (excludes halogenated alkanes) is 2. The number of aliphatic hydroxyl groups is 1. The summed E-state index contributed by atoms with van der Waals surface area (Å²) in [5, 5.41) is 19.8.